The Balaban J connectivity index is 0.00000242. The molecule has 0 unspecified atom stereocenters. The van der Waals surface area contributed by atoms with Gasteiger partial charge in [0.05, 0.1) is 0 Å². The molecule has 1 aliphatic rings. The third-order valence-electron chi connectivity index (χ3n) is 4.58. The van der Waals surface area contributed by atoms with Gasteiger partial charge in [0.25, 0.3) is 0 Å². The molecule has 0 aromatic heterocycles. The number of hydrogen-bond acceptors (Lipinski definition) is 2. The molecule has 0 saturated carbocycles. The lowest BCUT2D eigenvalue weighted by molar-refractivity contribution is 0.136. The molecule has 2 rings (SSSR count). The van der Waals surface area contributed by atoms with E-state index in [-0.39, 0.29) is 24.0 Å². The number of allylic oxidation sites excluding steroid dienone is 2. The fraction of sp³-hybridized carbons (Fsp3) is 0.579. The monoisotopic (exact) mass is 414 g/mol. The zero-order valence-corrected chi connectivity index (χ0v) is 16.8. The van der Waals surface area contributed by atoms with Gasteiger partial charge in [-0.15, -0.1) is 24.0 Å². The summed E-state index contributed by atoms with van der Waals surface area (Å²) in [7, 11) is 0. The number of rotatable bonds is 7. The van der Waals surface area contributed by atoms with E-state index < -0.39 is 0 Å². The first kappa shape index (κ1) is 19.3. The predicted octanol–water partition coefficient (Wildman–Crippen LogP) is 5.77. The molecule has 1 heterocycles. The number of unbranched alkanes of at least 4 members (excludes halogenated alkanes) is 2. The highest BCUT2D eigenvalue weighted by Gasteiger charge is 2.34. The molecular formula is C19H31IN2. The van der Waals surface area contributed by atoms with Crippen molar-refractivity contribution >= 4 is 24.0 Å². The Hall–Kier alpha value is -0.710. The van der Waals surface area contributed by atoms with Crippen LogP contribution in [0, 0.1) is 0 Å². The summed E-state index contributed by atoms with van der Waals surface area (Å²) in [4.78, 5) is 5.20. The summed E-state index contributed by atoms with van der Waals surface area (Å²) in [6, 6.07) is 11.0. The van der Waals surface area contributed by atoms with Gasteiger partial charge >= 0.3 is 0 Å². The highest BCUT2D eigenvalue weighted by atomic mass is 127. The van der Waals surface area contributed by atoms with E-state index in [2.05, 4.69) is 67.8 Å². The fourth-order valence-electron chi connectivity index (χ4n) is 3.17. The van der Waals surface area contributed by atoms with Crippen molar-refractivity contribution in [2.75, 3.05) is 13.1 Å². The minimum absolute atomic E-state index is 0. The van der Waals surface area contributed by atoms with Crippen LogP contribution in [0.25, 0.3) is 0 Å². The second kappa shape index (κ2) is 9.43. The van der Waals surface area contributed by atoms with Gasteiger partial charge in [-0.2, -0.15) is 0 Å². The first-order chi connectivity index (χ1) is 10.2. The molecule has 0 fully saturated rings. The zero-order chi connectivity index (χ0) is 15.2. The van der Waals surface area contributed by atoms with Crippen LogP contribution in [-0.2, 0) is 0 Å². The van der Waals surface area contributed by atoms with E-state index >= 15 is 0 Å². The maximum atomic E-state index is 2.60. The van der Waals surface area contributed by atoms with E-state index in [1.807, 2.05) is 0 Å². The van der Waals surface area contributed by atoms with Gasteiger partial charge in [0.2, 0.25) is 0 Å². The van der Waals surface area contributed by atoms with Crippen LogP contribution >= 0.6 is 24.0 Å². The third kappa shape index (κ3) is 4.18. The quantitative estimate of drug-likeness (QED) is 0.523. The highest BCUT2D eigenvalue weighted by Crippen LogP contribution is 2.39. The van der Waals surface area contributed by atoms with E-state index in [0.717, 1.165) is 13.1 Å². The lowest BCUT2D eigenvalue weighted by atomic mass is 10.1. The van der Waals surface area contributed by atoms with E-state index in [4.69, 9.17) is 0 Å². The molecule has 2 nitrogen and oxygen atoms in total. The molecule has 1 aromatic rings. The maximum absolute atomic E-state index is 2.60. The van der Waals surface area contributed by atoms with Crippen molar-refractivity contribution in [1.82, 2.24) is 9.80 Å². The summed E-state index contributed by atoms with van der Waals surface area (Å²) < 4.78 is 0. The average molecular weight is 414 g/mol. The summed E-state index contributed by atoms with van der Waals surface area (Å²) in [5, 5.41) is 0. The van der Waals surface area contributed by atoms with E-state index in [1.165, 1.54) is 42.6 Å². The minimum Gasteiger partial charge on any atom is -0.350 e. The first-order valence-corrected chi connectivity index (χ1v) is 8.46. The molecular weight excluding hydrogens is 383 g/mol. The van der Waals surface area contributed by atoms with Crippen LogP contribution in [0.3, 0.4) is 0 Å². The Morgan fingerprint density at radius 1 is 0.818 bits per heavy atom. The molecule has 1 aromatic carbocycles. The second-order valence-electron chi connectivity index (χ2n) is 6.05. The lowest BCUT2D eigenvalue weighted by Crippen LogP contribution is -2.33. The number of nitrogens with zero attached hydrogens (tertiary/aromatic N) is 2. The van der Waals surface area contributed by atoms with Gasteiger partial charge < -0.3 is 9.80 Å². The van der Waals surface area contributed by atoms with Crippen molar-refractivity contribution < 1.29 is 0 Å². The molecule has 3 heteroatoms. The SMILES string of the molecule is CCCCN1C(C)=C(C)N(CCCC)C1c1ccccc1.I. The van der Waals surface area contributed by atoms with Gasteiger partial charge in [-0.3, -0.25) is 0 Å². The first-order valence-electron chi connectivity index (χ1n) is 8.46. The number of halogens is 1. The number of benzene rings is 1. The van der Waals surface area contributed by atoms with Gasteiger partial charge in [-0.25, -0.2) is 0 Å². The zero-order valence-electron chi connectivity index (χ0n) is 14.5. The largest absolute Gasteiger partial charge is 0.350 e. The molecule has 124 valence electrons. The van der Waals surface area contributed by atoms with Crippen LogP contribution < -0.4 is 0 Å². The molecule has 0 N–H and O–H groups in total. The molecule has 0 spiro atoms. The summed E-state index contributed by atoms with van der Waals surface area (Å²) in [5.41, 5.74) is 4.32. The van der Waals surface area contributed by atoms with Crippen LogP contribution in [0.1, 0.15) is 65.1 Å². The van der Waals surface area contributed by atoms with Crippen LogP contribution in [0.15, 0.2) is 41.7 Å². The summed E-state index contributed by atoms with van der Waals surface area (Å²) in [6.45, 7) is 11.4. The topological polar surface area (TPSA) is 6.48 Å². The van der Waals surface area contributed by atoms with Gasteiger partial charge in [-0.1, -0.05) is 57.0 Å². The van der Waals surface area contributed by atoms with Crippen LogP contribution in [0.2, 0.25) is 0 Å². The van der Waals surface area contributed by atoms with Gasteiger partial charge in [0.15, 0.2) is 0 Å². The predicted molar refractivity (Wildman–Crippen MR) is 106 cm³/mol. The average Bonchev–Trinajstić information content (AvgIpc) is 2.76. The Morgan fingerprint density at radius 2 is 1.27 bits per heavy atom. The van der Waals surface area contributed by atoms with Gasteiger partial charge in [0, 0.05) is 24.5 Å². The second-order valence-corrected chi connectivity index (χ2v) is 6.05. The summed E-state index contributed by atoms with van der Waals surface area (Å²) in [6.07, 6.45) is 5.41. The van der Waals surface area contributed by atoms with Crippen LogP contribution in [0.4, 0.5) is 0 Å². The van der Waals surface area contributed by atoms with E-state index in [1.54, 1.807) is 0 Å². The van der Waals surface area contributed by atoms with E-state index in [0.29, 0.717) is 6.17 Å². The normalized spacial score (nSPS) is 15.5. The van der Waals surface area contributed by atoms with Crippen LogP contribution in [0.5, 0.6) is 0 Å². The Labute approximate surface area is 153 Å². The Kier molecular flexibility index (Phi) is 8.29. The third-order valence-corrected chi connectivity index (χ3v) is 4.58. The smallest absolute Gasteiger partial charge is 0.128 e. The van der Waals surface area contributed by atoms with Crippen molar-refractivity contribution in [3.8, 4) is 0 Å². The maximum Gasteiger partial charge on any atom is 0.128 e. The van der Waals surface area contributed by atoms with Crippen molar-refractivity contribution in [2.24, 2.45) is 0 Å². The van der Waals surface area contributed by atoms with Gasteiger partial charge in [0.1, 0.15) is 6.17 Å². The standard InChI is InChI=1S/C19H30N2.HI/c1-5-7-14-20-16(3)17(4)21(15-8-6-2)19(20)18-12-10-9-11-13-18;/h9-13,19H,5-8,14-15H2,1-4H3;1H. The Morgan fingerprint density at radius 3 is 1.68 bits per heavy atom. The Bertz CT molecular complexity index is 446. The molecule has 1 aliphatic heterocycles. The fourth-order valence-corrected chi connectivity index (χ4v) is 3.17. The summed E-state index contributed by atoms with van der Waals surface area (Å²) >= 11 is 0. The van der Waals surface area contributed by atoms with Crippen molar-refractivity contribution in [1.29, 1.82) is 0 Å². The molecule has 0 aliphatic carbocycles. The van der Waals surface area contributed by atoms with E-state index in [9.17, 15) is 0 Å². The van der Waals surface area contributed by atoms with Crippen molar-refractivity contribution in [3.63, 3.8) is 0 Å². The van der Waals surface area contributed by atoms with Crippen LogP contribution in [-0.4, -0.2) is 22.9 Å². The highest BCUT2D eigenvalue weighted by molar-refractivity contribution is 14.0. The molecule has 0 radical (unpaired) electrons. The number of hydrogen-bond donors (Lipinski definition) is 0. The van der Waals surface area contributed by atoms with Crippen molar-refractivity contribution in [2.45, 2.75) is 59.5 Å². The molecule has 0 bridgehead atoms. The molecule has 0 amide bonds. The molecule has 0 saturated heterocycles. The molecule has 22 heavy (non-hydrogen) atoms. The minimum atomic E-state index is 0. The molecule has 0 atom stereocenters. The lowest BCUT2D eigenvalue weighted by Gasteiger charge is -2.35. The summed E-state index contributed by atoms with van der Waals surface area (Å²) in [5.74, 6) is 0. The van der Waals surface area contributed by atoms with Crippen molar-refractivity contribution in [3.05, 3.63) is 47.3 Å². The van der Waals surface area contributed by atoms with Gasteiger partial charge in [-0.05, 0) is 32.3 Å².